The standard InChI is InChI=1S/C11H5BrClF2N3S/c12-8-9(15)5(2-16)1-7(14)10(8)17-3-6-4-18-11(13)19-6/h1,4,17H,3H2. The fraction of sp³-hybridized carbons (Fsp3) is 0.0909. The van der Waals surface area contributed by atoms with Crippen molar-refractivity contribution in [1.29, 1.82) is 5.26 Å². The van der Waals surface area contributed by atoms with E-state index in [2.05, 4.69) is 26.2 Å². The van der Waals surface area contributed by atoms with Gasteiger partial charge in [0.05, 0.1) is 22.3 Å². The van der Waals surface area contributed by atoms with Crippen molar-refractivity contribution in [1.82, 2.24) is 4.98 Å². The third kappa shape index (κ3) is 3.03. The Morgan fingerprint density at radius 3 is 2.84 bits per heavy atom. The van der Waals surface area contributed by atoms with Gasteiger partial charge < -0.3 is 5.32 Å². The van der Waals surface area contributed by atoms with E-state index in [0.29, 0.717) is 4.47 Å². The van der Waals surface area contributed by atoms with E-state index in [1.165, 1.54) is 11.3 Å². The van der Waals surface area contributed by atoms with Crippen LogP contribution in [-0.4, -0.2) is 4.98 Å². The highest BCUT2D eigenvalue weighted by Gasteiger charge is 2.16. The number of aromatic nitrogens is 1. The quantitative estimate of drug-likeness (QED) is 0.825. The summed E-state index contributed by atoms with van der Waals surface area (Å²) in [6.45, 7) is 0.255. The molecule has 98 valence electrons. The number of hydrogen-bond donors (Lipinski definition) is 1. The summed E-state index contributed by atoms with van der Waals surface area (Å²) in [5.41, 5.74) is -0.392. The van der Waals surface area contributed by atoms with Crippen molar-refractivity contribution in [2.45, 2.75) is 6.54 Å². The van der Waals surface area contributed by atoms with Crippen LogP contribution in [0.5, 0.6) is 0 Å². The second-order valence-electron chi connectivity index (χ2n) is 3.45. The zero-order valence-corrected chi connectivity index (χ0v) is 12.3. The number of rotatable bonds is 3. The van der Waals surface area contributed by atoms with Gasteiger partial charge in [-0.3, -0.25) is 0 Å². The lowest BCUT2D eigenvalue weighted by atomic mass is 10.2. The number of nitriles is 1. The van der Waals surface area contributed by atoms with Crippen LogP contribution in [0.3, 0.4) is 0 Å². The van der Waals surface area contributed by atoms with Gasteiger partial charge in [-0.15, -0.1) is 11.3 Å². The first-order chi connectivity index (χ1) is 9.02. The van der Waals surface area contributed by atoms with E-state index in [1.54, 1.807) is 12.3 Å². The third-order valence-electron chi connectivity index (χ3n) is 2.24. The van der Waals surface area contributed by atoms with Gasteiger partial charge in [0.25, 0.3) is 0 Å². The van der Waals surface area contributed by atoms with Crippen LogP contribution in [0, 0.1) is 23.0 Å². The molecule has 0 radical (unpaired) electrons. The lowest BCUT2D eigenvalue weighted by molar-refractivity contribution is 0.593. The summed E-state index contributed by atoms with van der Waals surface area (Å²) in [7, 11) is 0. The van der Waals surface area contributed by atoms with Crippen molar-refractivity contribution < 1.29 is 8.78 Å². The first-order valence-electron chi connectivity index (χ1n) is 4.94. The molecule has 0 saturated carbocycles. The maximum Gasteiger partial charge on any atom is 0.183 e. The number of hydrogen-bond acceptors (Lipinski definition) is 4. The Labute approximate surface area is 125 Å². The minimum Gasteiger partial charge on any atom is -0.377 e. The molecule has 1 N–H and O–H groups in total. The van der Waals surface area contributed by atoms with Crippen LogP contribution in [0.1, 0.15) is 10.4 Å². The van der Waals surface area contributed by atoms with Crippen molar-refractivity contribution in [2.75, 3.05) is 5.32 Å². The fourth-order valence-corrected chi connectivity index (χ4v) is 2.84. The molecule has 0 fully saturated rings. The van der Waals surface area contributed by atoms with Gasteiger partial charge in [-0.25, -0.2) is 13.8 Å². The Morgan fingerprint density at radius 1 is 1.53 bits per heavy atom. The normalized spacial score (nSPS) is 10.3. The van der Waals surface area contributed by atoms with Crippen LogP contribution >= 0.6 is 38.9 Å². The minimum absolute atomic E-state index is 0.0407. The zero-order valence-electron chi connectivity index (χ0n) is 9.18. The predicted molar refractivity (Wildman–Crippen MR) is 73.2 cm³/mol. The van der Waals surface area contributed by atoms with Gasteiger partial charge >= 0.3 is 0 Å². The highest BCUT2D eigenvalue weighted by Crippen LogP contribution is 2.31. The lowest BCUT2D eigenvalue weighted by Crippen LogP contribution is -2.03. The largest absolute Gasteiger partial charge is 0.377 e. The van der Waals surface area contributed by atoms with Crippen LogP contribution in [-0.2, 0) is 6.54 Å². The van der Waals surface area contributed by atoms with Gasteiger partial charge in [0.2, 0.25) is 0 Å². The molecule has 0 bridgehead atoms. The van der Waals surface area contributed by atoms with E-state index >= 15 is 0 Å². The topological polar surface area (TPSA) is 48.7 Å². The highest BCUT2D eigenvalue weighted by atomic mass is 79.9. The molecule has 1 aromatic carbocycles. The van der Waals surface area contributed by atoms with Gasteiger partial charge in [0, 0.05) is 11.1 Å². The molecule has 0 atom stereocenters. The molecule has 0 spiro atoms. The van der Waals surface area contributed by atoms with Crippen molar-refractivity contribution in [3.05, 3.63) is 43.3 Å². The maximum atomic E-state index is 13.7. The van der Waals surface area contributed by atoms with Crippen LogP contribution in [0.15, 0.2) is 16.7 Å². The second kappa shape index (κ2) is 5.82. The number of nitrogens with zero attached hydrogens (tertiary/aromatic N) is 2. The van der Waals surface area contributed by atoms with Gasteiger partial charge in [-0.1, -0.05) is 11.6 Å². The summed E-state index contributed by atoms with van der Waals surface area (Å²) in [5.74, 6) is -1.51. The average molecular weight is 365 g/mol. The molecule has 19 heavy (non-hydrogen) atoms. The second-order valence-corrected chi connectivity index (χ2v) is 5.94. The first kappa shape index (κ1) is 14.2. The first-order valence-corrected chi connectivity index (χ1v) is 6.93. The van der Waals surface area contributed by atoms with Crippen LogP contribution < -0.4 is 5.32 Å². The van der Waals surface area contributed by atoms with Crippen LogP contribution in [0.2, 0.25) is 4.47 Å². The van der Waals surface area contributed by atoms with E-state index in [9.17, 15) is 8.78 Å². The molecule has 3 nitrogen and oxygen atoms in total. The van der Waals surface area contributed by atoms with E-state index in [-0.39, 0.29) is 22.3 Å². The van der Waals surface area contributed by atoms with Gasteiger partial charge in [-0.2, -0.15) is 5.26 Å². The molecule has 1 aromatic heterocycles. The predicted octanol–water partition coefficient (Wildman–Crippen LogP) is 4.32. The Kier molecular flexibility index (Phi) is 4.34. The molecule has 0 amide bonds. The molecular formula is C11H5BrClF2N3S. The van der Waals surface area contributed by atoms with Crippen molar-refractivity contribution >= 4 is 44.6 Å². The van der Waals surface area contributed by atoms with Gasteiger partial charge in [0.1, 0.15) is 11.9 Å². The highest BCUT2D eigenvalue weighted by molar-refractivity contribution is 9.10. The van der Waals surface area contributed by atoms with E-state index in [1.807, 2.05) is 0 Å². The fourth-order valence-electron chi connectivity index (χ4n) is 1.38. The lowest BCUT2D eigenvalue weighted by Gasteiger charge is -2.10. The molecule has 8 heteroatoms. The average Bonchev–Trinajstić information content (AvgIpc) is 2.79. The molecule has 2 aromatic rings. The number of anilines is 1. The summed E-state index contributed by atoms with van der Waals surface area (Å²) < 4.78 is 27.7. The Balaban J connectivity index is 2.26. The van der Waals surface area contributed by atoms with E-state index in [0.717, 1.165) is 10.9 Å². The van der Waals surface area contributed by atoms with Crippen LogP contribution in [0.4, 0.5) is 14.5 Å². The summed E-state index contributed by atoms with van der Waals surface area (Å²) in [6.07, 6.45) is 1.55. The van der Waals surface area contributed by atoms with Gasteiger partial charge in [-0.05, 0) is 22.0 Å². The molecule has 2 rings (SSSR count). The summed E-state index contributed by atoms with van der Waals surface area (Å²) in [4.78, 5) is 4.62. The molecule has 0 aliphatic rings. The summed E-state index contributed by atoms with van der Waals surface area (Å²) >= 11 is 9.84. The molecule has 0 aliphatic heterocycles. The Bertz CT molecular complexity index is 669. The van der Waals surface area contributed by atoms with Crippen LogP contribution in [0.25, 0.3) is 0 Å². The van der Waals surface area contributed by atoms with Gasteiger partial charge in [0.15, 0.2) is 10.3 Å². The van der Waals surface area contributed by atoms with E-state index in [4.69, 9.17) is 16.9 Å². The van der Waals surface area contributed by atoms with E-state index < -0.39 is 11.6 Å². The number of nitrogens with one attached hydrogen (secondary N) is 1. The molecule has 0 unspecified atom stereocenters. The van der Waals surface area contributed by atoms with Crippen molar-refractivity contribution in [2.24, 2.45) is 0 Å². The Morgan fingerprint density at radius 2 is 2.26 bits per heavy atom. The SMILES string of the molecule is N#Cc1cc(F)c(NCc2cnc(Cl)s2)c(Br)c1F. The zero-order chi connectivity index (χ0) is 14.0. The number of benzene rings is 1. The Hall–Kier alpha value is -1.23. The van der Waals surface area contributed by atoms with Crippen molar-refractivity contribution in [3.63, 3.8) is 0 Å². The summed E-state index contributed by atoms with van der Waals surface area (Å²) in [5, 5.41) is 11.4. The number of thiazole rings is 1. The third-order valence-corrected chi connectivity index (χ3v) is 4.10. The maximum absolute atomic E-state index is 13.7. The minimum atomic E-state index is -0.797. The smallest absolute Gasteiger partial charge is 0.183 e. The number of halogens is 4. The molecule has 0 saturated heterocycles. The monoisotopic (exact) mass is 363 g/mol. The summed E-state index contributed by atoms with van der Waals surface area (Å²) in [6, 6.07) is 2.43. The molecular weight excluding hydrogens is 360 g/mol. The molecule has 1 heterocycles. The van der Waals surface area contributed by atoms with Crippen molar-refractivity contribution in [3.8, 4) is 6.07 Å². The molecule has 0 aliphatic carbocycles.